The third-order valence-corrected chi connectivity index (χ3v) is 3.57. The summed E-state index contributed by atoms with van der Waals surface area (Å²) in [5.74, 6) is 0. The van der Waals surface area contributed by atoms with Crippen molar-refractivity contribution in [2.24, 2.45) is 5.16 Å². The van der Waals surface area contributed by atoms with Gasteiger partial charge in [-0.05, 0) is 25.0 Å². The van der Waals surface area contributed by atoms with Gasteiger partial charge in [-0.15, -0.1) is 0 Å². The van der Waals surface area contributed by atoms with Gasteiger partial charge in [-0.3, -0.25) is 4.28 Å². The van der Waals surface area contributed by atoms with E-state index in [1.807, 2.05) is 0 Å². The van der Waals surface area contributed by atoms with Gasteiger partial charge in [-0.2, -0.15) is 8.42 Å². The smallest absolute Gasteiger partial charge is 0.265 e. The lowest BCUT2D eigenvalue weighted by Gasteiger charge is -2.00. The standard InChI is InChI=1S/C13H19NO3S/c1-2-3-4-5-9-12-14-17-18(15,16)13-10-7-6-8-11-13/h6-8,10-12H,2-5,9H2,1H3. The van der Waals surface area contributed by atoms with Crippen molar-refractivity contribution >= 4 is 16.3 Å². The molecule has 0 aliphatic carbocycles. The average molecular weight is 269 g/mol. The summed E-state index contributed by atoms with van der Waals surface area (Å²) in [4.78, 5) is 0.119. The summed E-state index contributed by atoms with van der Waals surface area (Å²) in [6, 6.07) is 7.99. The SMILES string of the molecule is CCCCCCC=NOS(=O)(=O)c1ccccc1. The molecule has 1 aromatic carbocycles. The summed E-state index contributed by atoms with van der Waals surface area (Å²) >= 11 is 0. The molecule has 0 radical (unpaired) electrons. The second-order valence-corrected chi connectivity index (χ2v) is 5.51. The van der Waals surface area contributed by atoms with E-state index < -0.39 is 10.1 Å². The molecule has 5 heteroatoms. The first-order valence-corrected chi connectivity index (χ1v) is 7.58. The van der Waals surface area contributed by atoms with E-state index in [0.29, 0.717) is 0 Å². The monoisotopic (exact) mass is 269 g/mol. The minimum absolute atomic E-state index is 0.119. The number of nitrogens with zero attached hydrogens (tertiary/aromatic N) is 1. The normalized spacial score (nSPS) is 11.8. The zero-order valence-electron chi connectivity index (χ0n) is 10.6. The molecule has 18 heavy (non-hydrogen) atoms. The molecule has 0 spiro atoms. The minimum atomic E-state index is -3.76. The Balaban J connectivity index is 2.36. The van der Waals surface area contributed by atoms with E-state index in [-0.39, 0.29) is 4.90 Å². The van der Waals surface area contributed by atoms with E-state index >= 15 is 0 Å². The molecule has 0 fully saturated rings. The Hall–Kier alpha value is -1.36. The van der Waals surface area contributed by atoms with E-state index in [4.69, 9.17) is 0 Å². The third-order valence-electron chi connectivity index (χ3n) is 2.43. The minimum Gasteiger partial charge on any atom is -0.265 e. The van der Waals surface area contributed by atoms with E-state index in [1.165, 1.54) is 31.2 Å². The lowest BCUT2D eigenvalue weighted by Crippen LogP contribution is -2.02. The number of unbranched alkanes of at least 4 members (excludes halogenated alkanes) is 4. The zero-order valence-corrected chi connectivity index (χ0v) is 11.4. The second kappa shape index (κ2) is 7.87. The summed E-state index contributed by atoms with van der Waals surface area (Å²) in [7, 11) is -3.76. The van der Waals surface area contributed by atoms with E-state index in [9.17, 15) is 8.42 Å². The van der Waals surface area contributed by atoms with Gasteiger partial charge in [0.2, 0.25) is 0 Å². The molecule has 100 valence electrons. The first kappa shape index (κ1) is 14.7. The number of hydrogen-bond acceptors (Lipinski definition) is 4. The molecular weight excluding hydrogens is 250 g/mol. The molecule has 0 atom stereocenters. The van der Waals surface area contributed by atoms with Crippen molar-refractivity contribution < 1.29 is 12.7 Å². The quantitative estimate of drug-likeness (QED) is 0.413. The molecule has 0 aliphatic heterocycles. The van der Waals surface area contributed by atoms with Crippen molar-refractivity contribution in [1.29, 1.82) is 0 Å². The fourth-order valence-electron chi connectivity index (χ4n) is 1.43. The Morgan fingerprint density at radius 2 is 1.89 bits per heavy atom. The summed E-state index contributed by atoms with van der Waals surface area (Å²) in [6.07, 6.45) is 6.76. The van der Waals surface area contributed by atoms with Gasteiger partial charge in [0.05, 0.1) is 0 Å². The van der Waals surface area contributed by atoms with Crippen LogP contribution in [0.5, 0.6) is 0 Å². The van der Waals surface area contributed by atoms with Gasteiger partial charge in [0, 0.05) is 6.21 Å². The molecule has 0 unspecified atom stereocenters. The van der Waals surface area contributed by atoms with Crippen molar-refractivity contribution in [1.82, 2.24) is 0 Å². The maximum Gasteiger partial charge on any atom is 0.358 e. The fourth-order valence-corrected chi connectivity index (χ4v) is 2.18. The highest BCUT2D eigenvalue weighted by Gasteiger charge is 2.13. The van der Waals surface area contributed by atoms with Gasteiger partial charge in [0.1, 0.15) is 4.90 Å². The van der Waals surface area contributed by atoms with E-state index in [0.717, 1.165) is 19.3 Å². The van der Waals surface area contributed by atoms with Gasteiger partial charge in [-0.1, -0.05) is 49.5 Å². The number of rotatable bonds is 8. The zero-order chi connectivity index (χ0) is 13.3. The van der Waals surface area contributed by atoms with Crippen LogP contribution in [0.4, 0.5) is 0 Å². The predicted molar refractivity (Wildman–Crippen MR) is 72.0 cm³/mol. The molecule has 1 rings (SSSR count). The number of benzene rings is 1. The molecule has 0 bridgehead atoms. The Kier molecular flexibility index (Phi) is 6.43. The molecular formula is C13H19NO3S. The molecule has 0 saturated carbocycles. The van der Waals surface area contributed by atoms with Gasteiger partial charge in [0.15, 0.2) is 0 Å². The topological polar surface area (TPSA) is 55.7 Å². The lowest BCUT2D eigenvalue weighted by molar-refractivity contribution is 0.339. The van der Waals surface area contributed by atoms with Gasteiger partial charge in [-0.25, -0.2) is 0 Å². The Morgan fingerprint density at radius 3 is 2.56 bits per heavy atom. The lowest BCUT2D eigenvalue weighted by atomic mass is 10.2. The average Bonchev–Trinajstić information content (AvgIpc) is 2.39. The van der Waals surface area contributed by atoms with Crippen LogP contribution in [-0.2, 0) is 14.4 Å². The highest BCUT2D eigenvalue weighted by atomic mass is 32.2. The first-order chi connectivity index (χ1) is 8.67. The van der Waals surface area contributed by atoms with Crippen molar-refractivity contribution in [3.05, 3.63) is 30.3 Å². The molecule has 0 heterocycles. The molecule has 0 aromatic heterocycles. The van der Waals surface area contributed by atoms with Crippen molar-refractivity contribution in [2.75, 3.05) is 0 Å². The molecule has 0 aliphatic rings. The molecule has 0 saturated heterocycles. The van der Waals surface area contributed by atoms with Crippen LogP contribution >= 0.6 is 0 Å². The highest BCUT2D eigenvalue weighted by molar-refractivity contribution is 7.86. The van der Waals surface area contributed by atoms with Crippen LogP contribution in [0.1, 0.15) is 39.0 Å². The number of hydrogen-bond donors (Lipinski definition) is 0. The molecule has 0 amide bonds. The second-order valence-electron chi connectivity index (χ2n) is 3.98. The Morgan fingerprint density at radius 1 is 1.17 bits per heavy atom. The third kappa shape index (κ3) is 5.31. The van der Waals surface area contributed by atoms with Crippen LogP contribution in [0.15, 0.2) is 40.4 Å². The predicted octanol–water partition coefficient (Wildman–Crippen LogP) is 3.35. The van der Waals surface area contributed by atoms with Crippen LogP contribution in [0.3, 0.4) is 0 Å². The van der Waals surface area contributed by atoms with Gasteiger partial charge >= 0.3 is 10.1 Å². The van der Waals surface area contributed by atoms with Crippen molar-refractivity contribution in [3.8, 4) is 0 Å². The van der Waals surface area contributed by atoms with Crippen LogP contribution < -0.4 is 0 Å². The first-order valence-electron chi connectivity index (χ1n) is 6.17. The van der Waals surface area contributed by atoms with Gasteiger partial charge in [0.25, 0.3) is 0 Å². The largest absolute Gasteiger partial charge is 0.358 e. The van der Waals surface area contributed by atoms with Crippen LogP contribution in [0.25, 0.3) is 0 Å². The van der Waals surface area contributed by atoms with Crippen LogP contribution in [0, 0.1) is 0 Å². The Labute approximate surface area is 109 Å². The van der Waals surface area contributed by atoms with E-state index in [2.05, 4.69) is 16.4 Å². The van der Waals surface area contributed by atoms with Crippen LogP contribution in [-0.4, -0.2) is 14.6 Å². The Bertz CT molecular complexity index is 454. The summed E-state index contributed by atoms with van der Waals surface area (Å²) in [5, 5.41) is 3.50. The maximum absolute atomic E-state index is 11.6. The fraction of sp³-hybridized carbons (Fsp3) is 0.462. The summed E-state index contributed by atoms with van der Waals surface area (Å²) < 4.78 is 27.8. The van der Waals surface area contributed by atoms with E-state index in [1.54, 1.807) is 18.2 Å². The van der Waals surface area contributed by atoms with Crippen molar-refractivity contribution in [2.45, 2.75) is 43.9 Å². The van der Waals surface area contributed by atoms with Crippen molar-refractivity contribution in [3.63, 3.8) is 0 Å². The van der Waals surface area contributed by atoms with Gasteiger partial charge < -0.3 is 0 Å². The van der Waals surface area contributed by atoms with Crippen LogP contribution in [0.2, 0.25) is 0 Å². The summed E-state index contributed by atoms with van der Waals surface area (Å²) in [5.41, 5.74) is 0. The molecule has 0 N–H and O–H groups in total. The number of oxime groups is 1. The molecule has 1 aromatic rings. The summed E-state index contributed by atoms with van der Waals surface area (Å²) in [6.45, 7) is 2.14. The molecule has 4 nitrogen and oxygen atoms in total. The maximum atomic E-state index is 11.6. The highest BCUT2D eigenvalue weighted by Crippen LogP contribution is 2.11.